The third-order valence-electron chi connectivity index (χ3n) is 6.29. The molecule has 156 valence electrons. The quantitative estimate of drug-likeness (QED) is 0.796. The number of nitrogens with one attached hydrogen (secondary N) is 1. The fourth-order valence-corrected chi connectivity index (χ4v) is 4.15. The Kier molecular flexibility index (Phi) is 5.37. The number of rotatable bonds is 5. The van der Waals surface area contributed by atoms with Gasteiger partial charge in [-0.3, -0.25) is 9.59 Å². The molecule has 1 saturated heterocycles. The van der Waals surface area contributed by atoms with Crippen LogP contribution < -0.4 is 16.0 Å². The fraction of sp³-hybridized carbons (Fsp3) is 0.360. The number of nitrogens with zero attached hydrogens (tertiary/aromatic N) is 1. The van der Waals surface area contributed by atoms with Gasteiger partial charge in [0.1, 0.15) is 11.4 Å². The van der Waals surface area contributed by atoms with Crippen LogP contribution in [0.15, 0.2) is 59.9 Å². The minimum absolute atomic E-state index is 0.00192. The molecule has 0 spiro atoms. The van der Waals surface area contributed by atoms with Crippen LogP contribution in [0.25, 0.3) is 0 Å². The maximum absolute atomic E-state index is 12.7. The first-order valence-electron chi connectivity index (χ1n) is 10.6. The van der Waals surface area contributed by atoms with Crippen molar-refractivity contribution in [3.8, 4) is 0 Å². The number of ketones is 2. The molecule has 4 rings (SSSR count). The van der Waals surface area contributed by atoms with Gasteiger partial charge in [-0.25, -0.2) is 0 Å². The van der Waals surface area contributed by atoms with Crippen LogP contribution in [-0.4, -0.2) is 31.2 Å². The second kappa shape index (κ2) is 7.98. The number of piperidine rings is 1. The number of allylic oxidation sites excluding steroid dienone is 2. The van der Waals surface area contributed by atoms with Crippen LogP contribution in [0.1, 0.15) is 53.0 Å². The number of carbonyl (C=O) groups excluding carboxylic acids is 2. The van der Waals surface area contributed by atoms with Crippen LogP contribution in [0.2, 0.25) is 0 Å². The Bertz CT molecular complexity index is 995. The Morgan fingerprint density at radius 2 is 1.53 bits per heavy atom. The van der Waals surface area contributed by atoms with Crippen LogP contribution in [0, 0.1) is 5.41 Å². The van der Waals surface area contributed by atoms with E-state index in [0.717, 1.165) is 19.5 Å². The maximum atomic E-state index is 12.7. The first-order chi connectivity index (χ1) is 14.4. The van der Waals surface area contributed by atoms with Gasteiger partial charge in [0.05, 0.1) is 0 Å². The molecule has 0 aromatic heterocycles. The fourth-order valence-electron chi connectivity index (χ4n) is 4.15. The second-order valence-electron chi connectivity index (χ2n) is 8.99. The Morgan fingerprint density at radius 1 is 0.933 bits per heavy atom. The molecular weight excluding hydrogens is 374 g/mol. The molecule has 0 bridgehead atoms. The predicted octanol–water partition coefficient (Wildman–Crippen LogP) is 3.69. The zero-order valence-electron chi connectivity index (χ0n) is 17.7. The van der Waals surface area contributed by atoms with Gasteiger partial charge >= 0.3 is 0 Å². The number of fused-ring (bicyclic) bond motifs is 1. The van der Waals surface area contributed by atoms with Crippen LogP contribution in [0.4, 0.5) is 5.69 Å². The average Bonchev–Trinajstić information content (AvgIpc) is 2.75. The van der Waals surface area contributed by atoms with Gasteiger partial charge in [-0.1, -0.05) is 50.2 Å². The number of Topliss-reactive ketones (excluding diaryl/α,β-unsaturated/α-hetero) is 2. The number of nitrogens with two attached hydrogens (primary N) is 1. The highest BCUT2D eigenvalue weighted by Crippen LogP contribution is 2.32. The molecule has 5 nitrogen and oxygen atoms in total. The van der Waals surface area contributed by atoms with E-state index < -0.39 is 0 Å². The molecule has 1 aliphatic carbocycles. The molecular formula is C25H29N3O2. The molecule has 0 radical (unpaired) electrons. The zero-order valence-corrected chi connectivity index (χ0v) is 17.7. The summed E-state index contributed by atoms with van der Waals surface area (Å²) in [6, 6.07) is 15.4. The minimum atomic E-state index is -0.290. The Labute approximate surface area is 178 Å². The molecule has 1 heterocycles. The lowest BCUT2D eigenvalue weighted by Gasteiger charge is -2.38. The molecule has 2 aliphatic rings. The average molecular weight is 404 g/mol. The van der Waals surface area contributed by atoms with Crippen LogP contribution in [0.3, 0.4) is 0 Å². The van der Waals surface area contributed by atoms with E-state index in [2.05, 4.69) is 48.3 Å². The molecule has 2 aromatic carbocycles. The predicted molar refractivity (Wildman–Crippen MR) is 120 cm³/mol. The van der Waals surface area contributed by atoms with Crippen molar-refractivity contribution in [2.45, 2.75) is 33.1 Å². The van der Waals surface area contributed by atoms with Gasteiger partial charge in [0.15, 0.2) is 0 Å². The molecule has 1 fully saturated rings. The number of benzene rings is 2. The normalized spacial score (nSPS) is 18.4. The Morgan fingerprint density at radius 3 is 2.17 bits per heavy atom. The van der Waals surface area contributed by atoms with E-state index in [1.807, 2.05) is 0 Å². The summed E-state index contributed by atoms with van der Waals surface area (Å²) in [6.07, 6.45) is 3.17. The summed E-state index contributed by atoms with van der Waals surface area (Å²) in [7, 11) is 0. The smallest absolute Gasteiger partial charge is 0.211 e. The molecule has 0 atom stereocenters. The van der Waals surface area contributed by atoms with Gasteiger partial charge < -0.3 is 16.0 Å². The number of hydrogen-bond donors (Lipinski definition) is 2. The van der Waals surface area contributed by atoms with Gasteiger partial charge in [-0.15, -0.1) is 0 Å². The van der Waals surface area contributed by atoms with E-state index >= 15 is 0 Å². The molecule has 5 heteroatoms. The van der Waals surface area contributed by atoms with Gasteiger partial charge in [0.2, 0.25) is 11.6 Å². The number of carbonyl (C=O) groups is 2. The molecule has 1 aliphatic heterocycles. The second-order valence-corrected chi connectivity index (χ2v) is 8.99. The van der Waals surface area contributed by atoms with Gasteiger partial charge in [-0.2, -0.15) is 0 Å². The molecule has 0 amide bonds. The van der Waals surface area contributed by atoms with Crippen molar-refractivity contribution in [3.05, 3.63) is 76.6 Å². The van der Waals surface area contributed by atoms with Crippen molar-refractivity contribution in [1.82, 2.24) is 5.32 Å². The minimum Gasteiger partial charge on any atom is -0.394 e. The highest BCUT2D eigenvalue weighted by molar-refractivity contribution is 6.26. The van der Waals surface area contributed by atoms with Crippen LogP contribution >= 0.6 is 0 Å². The van der Waals surface area contributed by atoms with E-state index in [-0.39, 0.29) is 23.0 Å². The molecule has 30 heavy (non-hydrogen) atoms. The van der Waals surface area contributed by atoms with E-state index in [0.29, 0.717) is 23.1 Å². The summed E-state index contributed by atoms with van der Waals surface area (Å²) in [6.45, 7) is 7.41. The summed E-state index contributed by atoms with van der Waals surface area (Å²) < 4.78 is 0. The van der Waals surface area contributed by atoms with E-state index in [4.69, 9.17) is 5.73 Å². The standard InChI is InChI=1S/C25H29N3O2/c1-25(2)12-15-28(16-13-25)18-9-7-17(8-10-18)11-14-27-22-21(26)23(29)19-5-3-4-6-20(19)24(22)30/h3-10,27H,11-16,26H2,1-2H3. The molecule has 2 aromatic rings. The van der Waals surface area contributed by atoms with Crippen LogP contribution in [-0.2, 0) is 6.42 Å². The molecule has 0 saturated carbocycles. The van der Waals surface area contributed by atoms with Gasteiger partial charge in [-0.05, 0) is 42.4 Å². The monoisotopic (exact) mass is 403 g/mol. The van der Waals surface area contributed by atoms with E-state index in [1.165, 1.54) is 24.1 Å². The highest BCUT2D eigenvalue weighted by atomic mass is 16.1. The van der Waals surface area contributed by atoms with E-state index in [9.17, 15) is 9.59 Å². The van der Waals surface area contributed by atoms with Crippen molar-refractivity contribution >= 4 is 17.3 Å². The van der Waals surface area contributed by atoms with Gasteiger partial charge in [0, 0.05) is 36.4 Å². The summed E-state index contributed by atoms with van der Waals surface area (Å²) in [5, 5.41) is 3.10. The van der Waals surface area contributed by atoms with Crippen molar-refractivity contribution in [3.63, 3.8) is 0 Å². The molecule has 3 N–H and O–H groups in total. The van der Waals surface area contributed by atoms with Gasteiger partial charge in [0.25, 0.3) is 0 Å². The van der Waals surface area contributed by atoms with Crippen molar-refractivity contribution in [2.24, 2.45) is 11.1 Å². The molecule has 0 unspecified atom stereocenters. The summed E-state index contributed by atoms with van der Waals surface area (Å²) >= 11 is 0. The summed E-state index contributed by atoms with van der Waals surface area (Å²) in [4.78, 5) is 27.6. The Hall–Kier alpha value is -3.08. The first kappa shape index (κ1) is 20.2. The summed E-state index contributed by atoms with van der Waals surface area (Å²) in [5.41, 5.74) is 9.86. The topological polar surface area (TPSA) is 75.4 Å². The summed E-state index contributed by atoms with van der Waals surface area (Å²) in [5.74, 6) is -0.507. The SMILES string of the molecule is CC1(C)CCN(c2ccc(CCNC3=C(N)C(=O)c4ccccc4C3=O)cc2)CC1. The van der Waals surface area contributed by atoms with E-state index in [1.54, 1.807) is 24.3 Å². The van der Waals surface area contributed by atoms with Crippen LogP contribution in [0.5, 0.6) is 0 Å². The lowest BCUT2D eigenvalue weighted by atomic mass is 9.82. The van der Waals surface area contributed by atoms with Crippen molar-refractivity contribution < 1.29 is 9.59 Å². The lowest BCUT2D eigenvalue weighted by Crippen LogP contribution is -2.37. The zero-order chi connectivity index (χ0) is 21.3. The lowest BCUT2D eigenvalue weighted by molar-refractivity contribution is 0.0967. The number of hydrogen-bond acceptors (Lipinski definition) is 5. The highest BCUT2D eigenvalue weighted by Gasteiger charge is 2.30. The third kappa shape index (κ3) is 3.97. The Balaban J connectivity index is 1.36. The largest absolute Gasteiger partial charge is 0.394 e. The third-order valence-corrected chi connectivity index (χ3v) is 6.29. The first-order valence-corrected chi connectivity index (χ1v) is 10.6. The van der Waals surface area contributed by atoms with Crippen molar-refractivity contribution in [2.75, 3.05) is 24.5 Å². The maximum Gasteiger partial charge on any atom is 0.211 e. The van der Waals surface area contributed by atoms with Crippen molar-refractivity contribution in [1.29, 1.82) is 0 Å². The number of anilines is 1.